The largest absolute Gasteiger partial charge is 0.392 e. The molecule has 0 spiro atoms. The molecule has 17 heavy (non-hydrogen) atoms. The minimum atomic E-state index is -0.111. The molecule has 2 unspecified atom stereocenters. The van der Waals surface area contributed by atoms with Gasteiger partial charge in [-0.25, -0.2) is 0 Å². The molecule has 2 rings (SSSR count). The molecule has 2 atom stereocenters. The Kier molecular flexibility index (Phi) is 5.05. The van der Waals surface area contributed by atoms with Gasteiger partial charge in [0, 0.05) is 10.8 Å². The van der Waals surface area contributed by atoms with E-state index in [1.54, 1.807) is 0 Å². The Labute approximate surface area is 109 Å². The van der Waals surface area contributed by atoms with Crippen molar-refractivity contribution in [3.05, 3.63) is 21.9 Å². The van der Waals surface area contributed by atoms with E-state index in [0.29, 0.717) is 5.92 Å². The molecule has 2 heteroatoms. The lowest BCUT2D eigenvalue weighted by Gasteiger charge is -2.27. The Balaban J connectivity index is 1.86. The van der Waals surface area contributed by atoms with E-state index in [0.717, 1.165) is 6.42 Å². The van der Waals surface area contributed by atoms with Crippen molar-refractivity contribution in [3.8, 4) is 0 Å². The summed E-state index contributed by atoms with van der Waals surface area (Å²) in [5, 5.41) is 12.5. The zero-order chi connectivity index (χ0) is 12.1. The summed E-state index contributed by atoms with van der Waals surface area (Å²) in [5.74, 6) is 0.423. The number of thiophene rings is 1. The van der Waals surface area contributed by atoms with Crippen LogP contribution in [0, 0.1) is 0 Å². The SMILES string of the molecule is CCCCCCC(O)C1CCCc2sccc21. The highest BCUT2D eigenvalue weighted by Gasteiger charge is 2.26. The molecule has 1 aliphatic rings. The van der Waals surface area contributed by atoms with Crippen LogP contribution in [-0.2, 0) is 6.42 Å². The topological polar surface area (TPSA) is 20.2 Å². The van der Waals surface area contributed by atoms with Crippen molar-refractivity contribution in [1.82, 2.24) is 0 Å². The van der Waals surface area contributed by atoms with Crippen molar-refractivity contribution >= 4 is 11.3 Å². The fourth-order valence-corrected chi connectivity index (χ4v) is 3.90. The van der Waals surface area contributed by atoms with Crippen molar-refractivity contribution in [2.75, 3.05) is 0 Å². The molecule has 0 radical (unpaired) electrons. The Hall–Kier alpha value is -0.340. The molecule has 0 saturated carbocycles. The first-order valence-corrected chi connectivity index (χ1v) is 7.95. The maximum Gasteiger partial charge on any atom is 0.0609 e. The number of aryl methyl sites for hydroxylation is 1. The number of fused-ring (bicyclic) bond motifs is 1. The summed E-state index contributed by atoms with van der Waals surface area (Å²) in [6.45, 7) is 2.23. The standard InChI is InChI=1S/C15H24OS/c1-2-3-4-5-8-14(16)12-7-6-9-15-13(12)10-11-17-15/h10-12,14,16H,2-9H2,1H3. The average Bonchev–Trinajstić information content (AvgIpc) is 2.82. The molecule has 1 nitrogen and oxygen atoms in total. The predicted octanol–water partition coefficient (Wildman–Crippen LogP) is 4.50. The van der Waals surface area contributed by atoms with Gasteiger partial charge in [-0.15, -0.1) is 11.3 Å². The van der Waals surface area contributed by atoms with Crippen molar-refractivity contribution in [1.29, 1.82) is 0 Å². The molecule has 0 aliphatic heterocycles. The number of aliphatic hydroxyl groups is 1. The maximum atomic E-state index is 10.3. The minimum Gasteiger partial charge on any atom is -0.392 e. The lowest BCUT2D eigenvalue weighted by atomic mass is 9.82. The zero-order valence-electron chi connectivity index (χ0n) is 10.8. The van der Waals surface area contributed by atoms with Crippen LogP contribution in [0.2, 0.25) is 0 Å². The molecule has 1 aliphatic carbocycles. The van der Waals surface area contributed by atoms with Gasteiger partial charge >= 0.3 is 0 Å². The van der Waals surface area contributed by atoms with Gasteiger partial charge in [0.2, 0.25) is 0 Å². The maximum absolute atomic E-state index is 10.3. The smallest absolute Gasteiger partial charge is 0.0609 e. The van der Waals surface area contributed by atoms with Crippen LogP contribution in [0.1, 0.15) is 68.2 Å². The summed E-state index contributed by atoms with van der Waals surface area (Å²) < 4.78 is 0. The molecule has 0 amide bonds. The first kappa shape index (κ1) is 13.1. The van der Waals surface area contributed by atoms with E-state index in [9.17, 15) is 5.11 Å². The van der Waals surface area contributed by atoms with Crippen LogP contribution in [0.5, 0.6) is 0 Å². The lowest BCUT2D eigenvalue weighted by Crippen LogP contribution is -2.21. The molecule has 96 valence electrons. The fourth-order valence-electron chi connectivity index (χ4n) is 2.90. The van der Waals surface area contributed by atoms with E-state index >= 15 is 0 Å². The lowest BCUT2D eigenvalue weighted by molar-refractivity contribution is 0.122. The van der Waals surface area contributed by atoms with Crippen LogP contribution in [0.3, 0.4) is 0 Å². The molecule has 1 aromatic rings. The average molecular weight is 252 g/mol. The van der Waals surface area contributed by atoms with Crippen LogP contribution >= 0.6 is 11.3 Å². The third-order valence-electron chi connectivity index (χ3n) is 3.92. The van der Waals surface area contributed by atoms with Gasteiger partial charge in [-0.1, -0.05) is 32.6 Å². The summed E-state index contributed by atoms with van der Waals surface area (Å²) in [6, 6.07) is 2.24. The number of rotatable bonds is 6. The van der Waals surface area contributed by atoms with Gasteiger partial charge < -0.3 is 5.11 Å². The molecular weight excluding hydrogens is 228 g/mol. The van der Waals surface area contributed by atoms with Crippen LogP contribution in [0.25, 0.3) is 0 Å². The zero-order valence-corrected chi connectivity index (χ0v) is 11.6. The normalized spacial score (nSPS) is 21.2. The Bertz CT molecular complexity index is 331. The number of unbranched alkanes of at least 4 members (excludes halogenated alkanes) is 3. The summed E-state index contributed by atoms with van der Waals surface area (Å²) >= 11 is 1.87. The van der Waals surface area contributed by atoms with Crippen LogP contribution in [-0.4, -0.2) is 11.2 Å². The van der Waals surface area contributed by atoms with Crippen LogP contribution in [0.4, 0.5) is 0 Å². The van der Waals surface area contributed by atoms with Gasteiger partial charge in [0.1, 0.15) is 0 Å². The van der Waals surface area contributed by atoms with Gasteiger partial charge in [-0.2, -0.15) is 0 Å². The molecule has 1 aromatic heterocycles. The molecule has 0 aromatic carbocycles. The Morgan fingerprint density at radius 3 is 3.12 bits per heavy atom. The fraction of sp³-hybridized carbons (Fsp3) is 0.733. The van der Waals surface area contributed by atoms with E-state index in [1.165, 1.54) is 55.4 Å². The quantitative estimate of drug-likeness (QED) is 0.739. The third-order valence-corrected chi connectivity index (χ3v) is 4.91. The van der Waals surface area contributed by atoms with E-state index < -0.39 is 0 Å². The molecule has 1 heterocycles. The summed E-state index contributed by atoms with van der Waals surface area (Å²) in [5.41, 5.74) is 1.45. The second kappa shape index (κ2) is 6.55. The summed E-state index contributed by atoms with van der Waals surface area (Å²) in [6.07, 6.45) is 9.58. The van der Waals surface area contributed by atoms with Crippen LogP contribution < -0.4 is 0 Å². The first-order chi connectivity index (χ1) is 8.33. The third kappa shape index (κ3) is 3.32. The molecule has 0 saturated heterocycles. The van der Waals surface area contributed by atoms with Gasteiger partial charge in [0.25, 0.3) is 0 Å². The first-order valence-electron chi connectivity index (χ1n) is 7.07. The highest BCUT2D eigenvalue weighted by molar-refractivity contribution is 7.10. The summed E-state index contributed by atoms with van der Waals surface area (Å²) in [4.78, 5) is 1.52. The van der Waals surface area contributed by atoms with Crippen molar-refractivity contribution < 1.29 is 5.11 Å². The molecule has 0 bridgehead atoms. The monoisotopic (exact) mass is 252 g/mol. The molecule has 1 N–H and O–H groups in total. The van der Waals surface area contributed by atoms with Crippen molar-refractivity contribution in [2.45, 2.75) is 70.3 Å². The van der Waals surface area contributed by atoms with E-state index in [1.807, 2.05) is 11.3 Å². The molecule has 0 fully saturated rings. The van der Waals surface area contributed by atoms with Gasteiger partial charge in [0.05, 0.1) is 6.10 Å². The molecular formula is C15H24OS. The van der Waals surface area contributed by atoms with E-state index in [4.69, 9.17) is 0 Å². The van der Waals surface area contributed by atoms with Gasteiger partial charge in [-0.3, -0.25) is 0 Å². The highest BCUT2D eigenvalue weighted by atomic mass is 32.1. The van der Waals surface area contributed by atoms with Gasteiger partial charge in [0.15, 0.2) is 0 Å². The number of hydrogen-bond donors (Lipinski definition) is 1. The van der Waals surface area contributed by atoms with E-state index in [-0.39, 0.29) is 6.10 Å². The summed E-state index contributed by atoms with van der Waals surface area (Å²) in [7, 11) is 0. The minimum absolute atomic E-state index is 0.111. The van der Waals surface area contributed by atoms with Gasteiger partial charge in [-0.05, 0) is 42.7 Å². The second-order valence-corrected chi connectivity index (χ2v) is 6.22. The highest BCUT2D eigenvalue weighted by Crippen LogP contribution is 2.38. The van der Waals surface area contributed by atoms with Crippen molar-refractivity contribution in [2.24, 2.45) is 0 Å². The predicted molar refractivity (Wildman–Crippen MR) is 74.8 cm³/mol. The van der Waals surface area contributed by atoms with Crippen LogP contribution in [0.15, 0.2) is 11.4 Å². The second-order valence-electron chi connectivity index (χ2n) is 5.21. The Morgan fingerprint density at radius 1 is 1.41 bits per heavy atom. The number of hydrogen-bond acceptors (Lipinski definition) is 2. The number of aliphatic hydroxyl groups excluding tert-OH is 1. The van der Waals surface area contributed by atoms with E-state index in [2.05, 4.69) is 18.4 Å². The Morgan fingerprint density at radius 2 is 2.29 bits per heavy atom. The van der Waals surface area contributed by atoms with Crippen molar-refractivity contribution in [3.63, 3.8) is 0 Å².